The molecule has 0 atom stereocenters. The first-order valence-corrected chi connectivity index (χ1v) is 6.28. The summed E-state index contributed by atoms with van der Waals surface area (Å²) in [5.74, 6) is 0. The Morgan fingerprint density at radius 3 is 2.47 bits per heavy atom. The fourth-order valence-electron chi connectivity index (χ4n) is 2.31. The van der Waals surface area contributed by atoms with Gasteiger partial charge in [-0.2, -0.15) is 13.9 Å². The molecule has 3 heteroatoms. The second-order valence-corrected chi connectivity index (χ2v) is 4.64. The summed E-state index contributed by atoms with van der Waals surface area (Å²) in [6.45, 7) is 0.596. The van der Waals surface area contributed by atoms with E-state index in [1.165, 1.54) is 0 Å². The lowest BCUT2D eigenvalue weighted by Crippen LogP contribution is -2.53. The molecule has 0 saturated carbocycles. The van der Waals surface area contributed by atoms with Crippen molar-refractivity contribution in [1.29, 1.82) is 0 Å². The summed E-state index contributed by atoms with van der Waals surface area (Å²) < 4.78 is 3.44. The number of hydrogen-bond donors (Lipinski definition) is 0. The number of aryl methyl sites for hydroxylation is 1. The van der Waals surface area contributed by atoms with Gasteiger partial charge in [0.15, 0.2) is 0 Å². The van der Waals surface area contributed by atoms with Crippen molar-refractivity contribution < 1.29 is 4.57 Å². The van der Waals surface area contributed by atoms with Gasteiger partial charge < -0.3 is 0 Å². The molecule has 3 aromatic rings. The van der Waals surface area contributed by atoms with Gasteiger partial charge in [-0.15, -0.1) is 0 Å². The van der Waals surface area contributed by atoms with E-state index in [1.54, 1.807) is 9.13 Å². The molecular formula is C16H15N2O+. The number of para-hydroxylation sites is 1. The van der Waals surface area contributed by atoms with Crippen LogP contribution in [-0.2, 0) is 13.6 Å². The summed E-state index contributed by atoms with van der Waals surface area (Å²) in [6.07, 6.45) is 1.92. The second kappa shape index (κ2) is 4.69. The third-order valence-corrected chi connectivity index (χ3v) is 3.32. The predicted octanol–water partition coefficient (Wildman–Crippen LogP) is 1.87. The van der Waals surface area contributed by atoms with Crippen molar-refractivity contribution in [3.63, 3.8) is 0 Å². The van der Waals surface area contributed by atoms with Gasteiger partial charge in [-0.3, -0.25) is 0 Å². The van der Waals surface area contributed by atoms with E-state index in [-0.39, 0.29) is 5.69 Å². The van der Waals surface area contributed by atoms with E-state index < -0.39 is 0 Å². The summed E-state index contributed by atoms with van der Waals surface area (Å²) in [4.78, 5) is 12.3. The van der Waals surface area contributed by atoms with Crippen LogP contribution < -0.4 is 10.3 Å². The summed E-state index contributed by atoms with van der Waals surface area (Å²) in [5.41, 5.74) is 2.08. The maximum absolute atomic E-state index is 12.3. The zero-order valence-electron chi connectivity index (χ0n) is 10.8. The quantitative estimate of drug-likeness (QED) is 0.638. The van der Waals surface area contributed by atoms with E-state index in [0.29, 0.717) is 6.54 Å². The molecule has 0 unspecified atom stereocenters. The standard InChI is InChI=1S/C16H15N2O/c1-17-15-10-6-5-9-14(15)12-18(16(17)19)11-13-7-3-2-4-8-13/h2-10,12H,11H2,1H3/q+1. The van der Waals surface area contributed by atoms with Gasteiger partial charge in [-0.1, -0.05) is 42.5 Å². The molecule has 0 N–H and O–H groups in total. The van der Waals surface area contributed by atoms with Crippen LogP contribution >= 0.6 is 0 Å². The molecule has 3 rings (SSSR count). The summed E-state index contributed by atoms with van der Waals surface area (Å²) in [6, 6.07) is 17.9. The number of rotatable bonds is 2. The molecule has 0 aliphatic heterocycles. The second-order valence-electron chi connectivity index (χ2n) is 4.64. The number of nitrogens with zero attached hydrogens (tertiary/aromatic N) is 2. The number of aromatic nitrogens is 2. The predicted molar refractivity (Wildman–Crippen MR) is 74.9 cm³/mol. The van der Waals surface area contributed by atoms with Crippen molar-refractivity contribution in [1.82, 2.24) is 4.57 Å². The molecule has 0 spiro atoms. The van der Waals surface area contributed by atoms with Gasteiger partial charge in [0, 0.05) is 0 Å². The molecule has 3 nitrogen and oxygen atoms in total. The van der Waals surface area contributed by atoms with Gasteiger partial charge in [-0.25, -0.2) is 0 Å². The van der Waals surface area contributed by atoms with E-state index in [4.69, 9.17) is 0 Å². The minimum absolute atomic E-state index is 0.00236. The van der Waals surface area contributed by atoms with Crippen LogP contribution in [0.2, 0.25) is 0 Å². The average molecular weight is 251 g/mol. The van der Waals surface area contributed by atoms with Crippen LogP contribution in [0.25, 0.3) is 10.9 Å². The van der Waals surface area contributed by atoms with Gasteiger partial charge in [0.05, 0.1) is 12.4 Å². The minimum Gasteiger partial charge on any atom is -0.197 e. The lowest BCUT2D eigenvalue weighted by molar-refractivity contribution is -0.705. The Morgan fingerprint density at radius 1 is 1.00 bits per heavy atom. The zero-order chi connectivity index (χ0) is 13.2. The topological polar surface area (TPSA) is 25.9 Å². The van der Waals surface area contributed by atoms with Gasteiger partial charge in [0.2, 0.25) is 0 Å². The fourth-order valence-corrected chi connectivity index (χ4v) is 2.31. The molecule has 0 aliphatic carbocycles. The summed E-state index contributed by atoms with van der Waals surface area (Å²) in [7, 11) is 1.81. The van der Waals surface area contributed by atoms with E-state index in [2.05, 4.69) is 0 Å². The van der Waals surface area contributed by atoms with Crippen LogP contribution in [0.5, 0.6) is 0 Å². The zero-order valence-corrected chi connectivity index (χ0v) is 10.8. The lowest BCUT2D eigenvalue weighted by Gasteiger charge is -2.04. The maximum atomic E-state index is 12.3. The highest BCUT2D eigenvalue weighted by atomic mass is 16.1. The molecular weight excluding hydrogens is 236 g/mol. The van der Waals surface area contributed by atoms with E-state index in [1.807, 2.05) is 67.8 Å². The first kappa shape index (κ1) is 11.7. The highest BCUT2D eigenvalue weighted by Crippen LogP contribution is 2.08. The third kappa shape index (κ3) is 2.15. The van der Waals surface area contributed by atoms with Crippen LogP contribution in [-0.4, -0.2) is 4.57 Å². The Kier molecular flexibility index (Phi) is 2.88. The highest BCUT2D eigenvalue weighted by Gasteiger charge is 2.12. The molecule has 0 aliphatic rings. The van der Waals surface area contributed by atoms with E-state index >= 15 is 0 Å². The Balaban J connectivity index is 2.14. The highest BCUT2D eigenvalue weighted by molar-refractivity contribution is 5.76. The molecule has 0 radical (unpaired) electrons. The molecule has 1 aromatic heterocycles. The number of benzene rings is 2. The number of hydrogen-bond acceptors (Lipinski definition) is 1. The van der Waals surface area contributed by atoms with Crippen molar-refractivity contribution in [3.8, 4) is 0 Å². The normalized spacial score (nSPS) is 10.8. The molecule has 19 heavy (non-hydrogen) atoms. The molecule has 94 valence electrons. The molecule has 2 aromatic carbocycles. The van der Waals surface area contributed by atoms with Gasteiger partial charge >= 0.3 is 5.69 Å². The smallest absolute Gasteiger partial charge is 0.197 e. The van der Waals surface area contributed by atoms with E-state index in [0.717, 1.165) is 16.5 Å². The van der Waals surface area contributed by atoms with Crippen LogP contribution in [0.4, 0.5) is 0 Å². The Hall–Kier alpha value is -2.42. The number of fused-ring (bicyclic) bond motifs is 1. The van der Waals surface area contributed by atoms with Crippen molar-refractivity contribution in [3.05, 3.63) is 76.8 Å². The van der Waals surface area contributed by atoms with Crippen LogP contribution in [0.1, 0.15) is 5.56 Å². The largest absolute Gasteiger partial charge is 0.498 e. The Bertz CT molecular complexity index is 776. The van der Waals surface area contributed by atoms with Crippen molar-refractivity contribution >= 4 is 10.9 Å². The van der Waals surface area contributed by atoms with Crippen LogP contribution in [0, 0.1) is 0 Å². The molecule has 0 saturated heterocycles. The van der Waals surface area contributed by atoms with Crippen molar-refractivity contribution in [2.24, 2.45) is 7.05 Å². The Labute approximate surface area is 111 Å². The first-order chi connectivity index (χ1) is 9.25. The van der Waals surface area contributed by atoms with Gasteiger partial charge in [-0.05, 0) is 17.7 Å². The fraction of sp³-hybridized carbons (Fsp3) is 0.125. The van der Waals surface area contributed by atoms with Crippen molar-refractivity contribution in [2.45, 2.75) is 6.54 Å². The summed E-state index contributed by atoms with van der Waals surface area (Å²) >= 11 is 0. The minimum atomic E-state index is 0.00236. The molecule has 0 amide bonds. The van der Waals surface area contributed by atoms with Crippen LogP contribution in [0.15, 0.2) is 65.6 Å². The summed E-state index contributed by atoms with van der Waals surface area (Å²) in [5, 5.41) is 1.07. The SMILES string of the molecule is Cn1c(=O)[n+](Cc2ccccc2)cc2ccccc21. The molecule has 0 bridgehead atoms. The van der Waals surface area contributed by atoms with E-state index in [9.17, 15) is 4.79 Å². The third-order valence-electron chi connectivity index (χ3n) is 3.32. The van der Waals surface area contributed by atoms with Crippen LogP contribution in [0.3, 0.4) is 0 Å². The van der Waals surface area contributed by atoms with Gasteiger partial charge in [0.25, 0.3) is 0 Å². The first-order valence-electron chi connectivity index (χ1n) is 6.28. The molecule has 0 fully saturated rings. The molecule has 1 heterocycles. The monoisotopic (exact) mass is 251 g/mol. The Morgan fingerprint density at radius 2 is 1.68 bits per heavy atom. The lowest BCUT2D eigenvalue weighted by atomic mass is 10.2. The average Bonchev–Trinajstić information content (AvgIpc) is 2.46. The van der Waals surface area contributed by atoms with Crippen molar-refractivity contribution in [2.75, 3.05) is 0 Å². The maximum Gasteiger partial charge on any atom is 0.498 e. The van der Waals surface area contributed by atoms with Gasteiger partial charge in [0.1, 0.15) is 18.3 Å².